The van der Waals surface area contributed by atoms with Crippen LogP contribution in [0.2, 0.25) is 0 Å². The number of benzene rings is 2. The van der Waals surface area contributed by atoms with Crippen molar-refractivity contribution in [3.05, 3.63) is 77.9 Å². The normalized spacial score (nSPS) is 23.6. The van der Waals surface area contributed by atoms with Crippen LogP contribution in [-0.4, -0.2) is 39.4 Å². The first kappa shape index (κ1) is 25.3. The van der Waals surface area contributed by atoms with Crippen LogP contribution in [-0.2, 0) is 11.2 Å². The minimum Gasteiger partial charge on any atom is -0.493 e. The molecule has 1 saturated carbocycles. The van der Waals surface area contributed by atoms with E-state index in [-0.39, 0.29) is 23.6 Å². The smallest absolute Gasteiger partial charge is 0.303 e. The number of unbranched alkanes of at least 4 members (excludes halogenated alkanes) is 1. The highest BCUT2D eigenvalue weighted by Gasteiger charge is 2.41. The van der Waals surface area contributed by atoms with E-state index in [1.807, 2.05) is 66.7 Å². The molecule has 5 atom stereocenters. The molecular weight excluding hydrogens is 440 g/mol. The van der Waals surface area contributed by atoms with Gasteiger partial charge in [-0.3, -0.25) is 4.79 Å². The number of carboxylic acids is 1. The predicted octanol–water partition coefficient (Wildman–Crippen LogP) is 5.15. The van der Waals surface area contributed by atoms with Crippen molar-refractivity contribution >= 4 is 17.6 Å². The van der Waals surface area contributed by atoms with Gasteiger partial charge < -0.3 is 20.1 Å². The Morgan fingerprint density at radius 3 is 2.67 bits per heavy atom. The highest BCUT2D eigenvalue weighted by molar-refractivity contribution is 6.21. The molecule has 6 heteroatoms. The number of carbonyl (C=O) groups is 1. The third-order valence-corrected chi connectivity index (χ3v) is 6.77. The highest BCUT2D eigenvalue weighted by Crippen LogP contribution is 2.39. The lowest BCUT2D eigenvalue weighted by atomic mass is 9.92. The van der Waals surface area contributed by atoms with Crippen molar-refractivity contribution in [2.45, 2.75) is 56.1 Å². The summed E-state index contributed by atoms with van der Waals surface area (Å²) in [6, 6.07) is 17.3. The van der Waals surface area contributed by atoms with Gasteiger partial charge in [-0.25, -0.2) is 0 Å². The number of aliphatic carboxylic acids is 1. The zero-order chi connectivity index (χ0) is 23.6. The molecule has 0 spiro atoms. The maximum atomic E-state index is 10.6. The minimum absolute atomic E-state index is 0.0873. The molecule has 178 valence electrons. The van der Waals surface area contributed by atoms with Gasteiger partial charge in [0.15, 0.2) is 0 Å². The molecule has 0 amide bonds. The van der Waals surface area contributed by atoms with Crippen molar-refractivity contribution in [2.75, 3.05) is 6.61 Å². The Kier molecular flexibility index (Phi) is 9.79. The average molecular weight is 473 g/mol. The van der Waals surface area contributed by atoms with Gasteiger partial charge in [-0.1, -0.05) is 54.6 Å². The first-order valence-electron chi connectivity index (χ1n) is 11.6. The van der Waals surface area contributed by atoms with Gasteiger partial charge in [0, 0.05) is 24.1 Å². The molecule has 1 fully saturated rings. The number of carboxylic acid groups (broad SMARTS) is 1. The summed E-state index contributed by atoms with van der Waals surface area (Å²) in [6.45, 7) is 0.347. The van der Waals surface area contributed by atoms with Crippen molar-refractivity contribution in [1.82, 2.24) is 0 Å². The fourth-order valence-corrected chi connectivity index (χ4v) is 4.86. The Balaban J connectivity index is 1.54. The Morgan fingerprint density at radius 2 is 1.91 bits per heavy atom. The Morgan fingerprint density at radius 1 is 1.12 bits per heavy atom. The first-order chi connectivity index (χ1) is 15.9. The van der Waals surface area contributed by atoms with Crippen molar-refractivity contribution in [2.24, 2.45) is 11.8 Å². The zero-order valence-electron chi connectivity index (χ0n) is 18.7. The van der Waals surface area contributed by atoms with Crippen LogP contribution in [0.25, 0.3) is 0 Å². The lowest BCUT2D eigenvalue weighted by Crippen LogP contribution is -2.27. The molecule has 2 aromatic carbocycles. The Labute approximate surface area is 200 Å². The molecule has 0 radical (unpaired) electrons. The molecule has 3 rings (SSSR count). The average Bonchev–Trinajstić information content (AvgIpc) is 3.07. The molecule has 5 nitrogen and oxygen atoms in total. The monoisotopic (exact) mass is 472 g/mol. The van der Waals surface area contributed by atoms with Crippen LogP contribution in [0, 0.1) is 11.8 Å². The summed E-state index contributed by atoms with van der Waals surface area (Å²) in [4.78, 5) is 10.6. The second-order valence-corrected chi connectivity index (χ2v) is 9.29. The number of alkyl halides is 1. The van der Waals surface area contributed by atoms with Crippen LogP contribution in [0.3, 0.4) is 0 Å². The van der Waals surface area contributed by atoms with E-state index in [2.05, 4.69) is 0 Å². The Hall–Kier alpha value is -2.34. The summed E-state index contributed by atoms with van der Waals surface area (Å²) in [5.41, 5.74) is 1.86. The number of rotatable bonds is 12. The number of hydrogen-bond acceptors (Lipinski definition) is 4. The lowest BCUT2D eigenvalue weighted by Gasteiger charge is -2.23. The number of aliphatic hydroxyl groups excluding tert-OH is 2. The van der Waals surface area contributed by atoms with Gasteiger partial charge in [-0.15, -0.1) is 11.6 Å². The first-order valence-corrected chi connectivity index (χ1v) is 12.0. The van der Waals surface area contributed by atoms with Gasteiger partial charge in [0.1, 0.15) is 5.75 Å². The molecular formula is C27H33ClO5. The van der Waals surface area contributed by atoms with Crippen LogP contribution in [0.15, 0.2) is 66.7 Å². The van der Waals surface area contributed by atoms with E-state index in [1.54, 1.807) is 0 Å². The summed E-state index contributed by atoms with van der Waals surface area (Å²) in [7, 11) is 0. The van der Waals surface area contributed by atoms with E-state index in [4.69, 9.17) is 21.4 Å². The van der Waals surface area contributed by atoms with Crippen LogP contribution < -0.4 is 4.74 Å². The van der Waals surface area contributed by atoms with Crippen molar-refractivity contribution in [3.63, 3.8) is 0 Å². The minimum atomic E-state index is -0.781. The molecule has 3 N–H and O–H groups in total. The largest absolute Gasteiger partial charge is 0.493 e. The maximum Gasteiger partial charge on any atom is 0.303 e. The summed E-state index contributed by atoms with van der Waals surface area (Å²) in [6.07, 6.45) is 6.16. The van der Waals surface area contributed by atoms with Crippen LogP contribution >= 0.6 is 11.6 Å². The topological polar surface area (TPSA) is 87.0 Å². The molecule has 2 aromatic rings. The summed E-state index contributed by atoms with van der Waals surface area (Å²) in [5.74, 6) is -0.122. The van der Waals surface area contributed by atoms with Crippen molar-refractivity contribution < 1.29 is 24.9 Å². The molecule has 1 aliphatic rings. The van der Waals surface area contributed by atoms with Gasteiger partial charge in [-0.05, 0) is 54.9 Å². The predicted molar refractivity (Wildman–Crippen MR) is 130 cm³/mol. The molecule has 0 heterocycles. The maximum absolute atomic E-state index is 10.6. The summed E-state index contributed by atoms with van der Waals surface area (Å²) < 4.78 is 6.03. The van der Waals surface area contributed by atoms with Gasteiger partial charge in [-0.2, -0.15) is 0 Å². The van der Waals surface area contributed by atoms with Crippen molar-refractivity contribution in [3.8, 4) is 5.75 Å². The quantitative estimate of drug-likeness (QED) is 0.226. The second kappa shape index (κ2) is 12.8. The van der Waals surface area contributed by atoms with Gasteiger partial charge >= 0.3 is 5.97 Å². The van der Waals surface area contributed by atoms with Crippen LogP contribution in [0.4, 0.5) is 0 Å². The number of aliphatic hydroxyl groups is 2. The lowest BCUT2D eigenvalue weighted by molar-refractivity contribution is -0.137. The van der Waals surface area contributed by atoms with E-state index in [0.29, 0.717) is 38.0 Å². The second-order valence-electron chi connectivity index (χ2n) is 8.73. The molecule has 0 aromatic heterocycles. The molecule has 0 bridgehead atoms. The highest BCUT2D eigenvalue weighted by atomic mass is 35.5. The molecule has 33 heavy (non-hydrogen) atoms. The van der Waals surface area contributed by atoms with Gasteiger partial charge in [0.05, 0.1) is 18.8 Å². The number of hydrogen-bond donors (Lipinski definition) is 3. The fourth-order valence-electron chi connectivity index (χ4n) is 4.39. The molecule has 0 saturated heterocycles. The van der Waals surface area contributed by atoms with E-state index in [1.165, 1.54) is 0 Å². The third-order valence-electron chi connectivity index (χ3n) is 6.27. The van der Waals surface area contributed by atoms with Crippen LogP contribution in [0.5, 0.6) is 5.75 Å². The molecule has 2 unspecified atom stereocenters. The van der Waals surface area contributed by atoms with Gasteiger partial charge in [0.25, 0.3) is 0 Å². The number of ether oxygens (including phenoxy) is 1. The summed E-state index contributed by atoms with van der Waals surface area (Å²) >= 11 is 6.51. The molecule has 0 aliphatic heterocycles. The SMILES string of the molecule is O=C(O)CCC/C=C\C[C@H]1C(Cl)C[C@@H](O)[C@@H]1COc1cccc(C(O)Cc2ccccc2)c1. The zero-order valence-corrected chi connectivity index (χ0v) is 19.5. The van der Waals surface area contributed by atoms with E-state index in [0.717, 1.165) is 17.5 Å². The standard InChI is InChI=1S/C27H33ClO5/c28-24-17-26(30)23(22(24)13-6-1-2-7-14-27(31)32)18-33-21-12-8-11-20(16-21)25(29)15-19-9-4-3-5-10-19/h1,3-6,8-12,16,22-26,29-30H,2,7,13-15,17-18H2,(H,31,32)/b6-1-/t22-,23-,24?,25?,26-/m1/s1. The van der Waals surface area contributed by atoms with E-state index < -0.39 is 18.2 Å². The fraction of sp³-hybridized carbons (Fsp3) is 0.444. The number of halogens is 1. The third kappa shape index (κ3) is 7.88. The van der Waals surface area contributed by atoms with E-state index in [9.17, 15) is 15.0 Å². The van der Waals surface area contributed by atoms with Gasteiger partial charge in [0.2, 0.25) is 0 Å². The van der Waals surface area contributed by atoms with Crippen LogP contribution in [0.1, 0.15) is 49.3 Å². The summed E-state index contributed by atoms with van der Waals surface area (Å²) in [5, 5.41) is 29.7. The number of allylic oxidation sites excluding steroid dienone is 2. The molecule has 1 aliphatic carbocycles. The van der Waals surface area contributed by atoms with Crippen molar-refractivity contribution in [1.29, 1.82) is 0 Å². The Bertz CT molecular complexity index is 900. The van der Waals surface area contributed by atoms with E-state index >= 15 is 0 Å².